The summed E-state index contributed by atoms with van der Waals surface area (Å²) in [6.07, 6.45) is 1.24. The van der Waals surface area contributed by atoms with E-state index in [1.54, 1.807) is 36.4 Å². The number of ether oxygens (including phenoxy) is 2. The van der Waals surface area contributed by atoms with E-state index in [4.69, 9.17) is 9.47 Å². The molecule has 0 fully saturated rings. The number of pyridine rings is 1. The maximum Gasteiger partial charge on any atom is 0.257 e. The van der Waals surface area contributed by atoms with Gasteiger partial charge in [0.15, 0.2) is 5.03 Å². The minimum atomic E-state index is -3.77. The molecule has 1 amide bonds. The molecular weight excluding hydrogens is 404 g/mol. The quantitative estimate of drug-likeness (QED) is 0.644. The third-order valence-electron chi connectivity index (χ3n) is 4.72. The number of rotatable bonds is 6. The predicted octanol–water partition coefficient (Wildman–Crippen LogP) is 3.80. The molecule has 0 saturated carbocycles. The van der Waals surface area contributed by atoms with Gasteiger partial charge < -0.3 is 14.8 Å². The van der Waals surface area contributed by atoms with Crippen LogP contribution in [-0.2, 0) is 9.84 Å². The van der Waals surface area contributed by atoms with Crippen molar-refractivity contribution in [3.05, 3.63) is 71.4 Å². The zero-order valence-corrected chi connectivity index (χ0v) is 17.9. The Morgan fingerprint density at radius 2 is 1.70 bits per heavy atom. The van der Waals surface area contributed by atoms with Crippen molar-refractivity contribution in [3.8, 4) is 11.5 Å². The van der Waals surface area contributed by atoms with Gasteiger partial charge in [0.1, 0.15) is 11.5 Å². The van der Waals surface area contributed by atoms with E-state index >= 15 is 0 Å². The van der Waals surface area contributed by atoms with E-state index in [2.05, 4.69) is 10.3 Å². The number of hydrogen-bond donors (Lipinski definition) is 1. The molecule has 0 atom stereocenters. The standard InChI is InChI=1S/C22H22N2O5S/c1-14-5-8-18(11-15(14)2)30(26,27)21-10-6-16(13-23-21)22(25)24-19-9-7-17(28-3)12-20(19)29-4/h5-13H,1-4H3,(H,24,25). The number of carbonyl (C=O) groups is 1. The van der Waals surface area contributed by atoms with Gasteiger partial charge in [-0.1, -0.05) is 6.07 Å². The minimum Gasteiger partial charge on any atom is -0.497 e. The smallest absolute Gasteiger partial charge is 0.257 e. The van der Waals surface area contributed by atoms with Crippen molar-refractivity contribution in [2.45, 2.75) is 23.8 Å². The van der Waals surface area contributed by atoms with Crippen molar-refractivity contribution in [2.24, 2.45) is 0 Å². The van der Waals surface area contributed by atoms with Crippen LogP contribution in [0.1, 0.15) is 21.5 Å². The van der Waals surface area contributed by atoms with Gasteiger partial charge in [-0.15, -0.1) is 0 Å². The molecule has 0 unspecified atom stereocenters. The molecule has 0 aliphatic carbocycles. The van der Waals surface area contributed by atoms with E-state index in [0.717, 1.165) is 11.1 Å². The van der Waals surface area contributed by atoms with Gasteiger partial charge in [0.25, 0.3) is 5.91 Å². The molecule has 0 saturated heterocycles. The van der Waals surface area contributed by atoms with Crippen molar-refractivity contribution in [1.82, 2.24) is 4.98 Å². The number of methoxy groups -OCH3 is 2. The Hall–Kier alpha value is -3.39. The monoisotopic (exact) mass is 426 g/mol. The van der Waals surface area contributed by atoms with Crippen LogP contribution in [0.15, 0.2) is 64.6 Å². The lowest BCUT2D eigenvalue weighted by Gasteiger charge is -2.12. The summed E-state index contributed by atoms with van der Waals surface area (Å²) in [5.41, 5.74) is 2.55. The second-order valence-electron chi connectivity index (χ2n) is 6.65. The summed E-state index contributed by atoms with van der Waals surface area (Å²) < 4.78 is 36.0. The highest BCUT2D eigenvalue weighted by Crippen LogP contribution is 2.29. The number of nitrogens with zero attached hydrogens (tertiary/aromatic N) is 1. The Balaban J connectivity index is 1.83. The number of anilines is 1. The molecule has 7 nitrogen and oxygen atoms in total. The average molecular weight is 426 g/mol. The van der Waals surface area contributed by atoms with E-state index in [-0.39, 0.29) is 15.5 Å². The highest BCUT2D eigenvalue weighted by atomic mass is 32.2. The third kappa shape index (κ3) is 4.28. The Kier molecular flexibility index (Phi) is 6.07. The summed E-state index contributed by atoms with van der Waals surface area (Å²) in [5, 5.41) is 2.60. The van der Waals surface area contributed by atoms with Gasteiger partial charge in [-0.3, -0.25) is 4.79 Å². The molecule has 1 N–H and O–H groups in total. The number of nitrogens with one attached hydrogen (secondary N) is 1. The number of hydrogen-bond acceptors (Lipinski definition) is 6. The molecule has 1 aromatic heterocycles. The molecular formula is C22H22N2O5S. The van der Waals surface area contributed by atoms with Gasteiger partial charge in [0.05, 0.1) is 30.4 Å². The Bertz CT molecular complexity index is 1190. The van der Waals surface area contributed by atoms with E-state index in [9.17, 15) is 13.2 Å². The minimum absolute atomic E-state index is 0.121. The summed E-state index contributed by atoms with van der Waals surface area (Å²) >= 11 is 0. The van der Waals surface area contributed by atoms with Gasteiger partial charge in [-0.2, -0.15) is 0 Å². The molecule has 0 aliphatic heterocycles. The molecule has 3 aromatic rings. The van der Waals surface area contributed by atoms with Crippen LogP contribution in [0.3, 0.4) is 0 Å². The van der Waals surface area contributed by atoms with Gasteiger partial charge in [-0.25, -0.2) is 13.4 Å². The average Bonchev–Trinajstić information content (AvgIpc) is 2.75. The number of aromatic nitrogens is 1. The van der Waals surface area contributed by atoms with E-state index < -0.39 is 15.7 Å². The molecule has 0 radical (unpaired) electrons. The SMILES string of the molecule is COc1ccc(NC(=O)c2ccc(S(=O)(=O)c3ccc(C)c(C)c3)nc2)c(OC)c1. The Labute approximate surface area is 175 Å². The van der Waals surface area contributed by atoms with E-state index in [1.807, 2.05) is 13.8 Å². The van der Waals surface area contributed by atoms with Crippen molar-refractivity contribution < 1.29 is 22.7 Å². The number of benzene rings is 2. The highest BCUT2D eigenvalue weighted by molar-refractivity contribution is 7.91. The zero-order chi connectivity index (χ0) is 21.9. The van der Waals surface area contributed by atoms with Crippen molar-refractivity contribution in [3.63, 3.8) is 0 Å². The van der Waals surface area contributed by atoms with Gasteiger partial charge in [0, 0.05) is 12.3 Å². The van der Waals surface area contributed by atoms with Gasteiger partial charge in [-0.05, 0) is 61.4 Å². The lowest BCUT2D eigenvalue weighted by atomic mass is 10.1. The maximum absolute atomic E-state index is 12.8. The summed E-state index contributed by atoms with van der Waals surface area (Å²) in [6, 6.07) is 12.7. The summed E-state index contributed by atoms with van der Waals surface area (Å²) in [4.78, 5) is 16.7. The van der Waals surface area contributed by atoms with Crippen molar-refractivity contribution in [1.29, 1.82) is 0 Å². The van der Waals surface area contributed by atoms with Gasteiger partial charge in [0.2, 0.25) is 9.84 Å². The largest absolute Gasteiger partial charge is 0.497 e. The molecule has 0 spiro atoms. The first-order valence-electron chi connectivity index (χ1n) is 9.08. The normalized spacial score (nSPS) is 11.1. The second kappa shape index (κ2) is 8.54. The third-order valence-corrected chi connectivity index (χ3v) is 6.39. The van der Waals surface area contributed by atoms with Crippen LogP contribution < -0.4 is 14.8 Å². The van der Waals surface area contributed by atoms with Crippen molar-refractivity contribution >= 4 is 21.4 Å². The van der Waals surface area contributed by atoms with Crippen LogP contribution in [0.4, 0.5) is 5.69 Å². The van der Waals surface area contributed by atoms with E-state index in [1.165, 1.54) is 32.5 Å². The lowest BCUT2D eigenvalue weighted by Crippen LogP contribution is -2.14. The van der Waals surface area contributed by atoms with Gasteiger partial charge >= 0.3 is 0 Å². The number of aryl methyl sites for hydroxylation is 2. The Morgan fingerprint density at radius 3 is 2.30 bits per heavy atom. The molecule has 3 rings (SSSR count). The van der Waals surface area contributed by atoms with Crippen LogP contribution in [0, 0.1) is 13.8 Å². The van der Waals surface area contributed by atoms with Crippen LogP contribution in [0.25, 0.3) is 0 Å². The van der Waals surface area contributed by atoms with E-state index in [0.29, 0.717) is 17.2 Å². The highest BCUT2D eigenvalue weighted by Gasteiger charge is 2.20. The lowest BCUT2D eigenvalue weighted by molar-refractivity contribution is 0.102. The summed E-state index contributed by atoms with van der Waals surface area (Å²) in [5.74, 6) is 0.582. The molecule has 0 aliphatic rings. The zero-order valence-electron chi connectivity index (χ0n) is 17.1. The molecule has 0 bridgehead atoms. The number of amides is 1. The van der Waals surface area contributed by atoms with Crippen molar-refractivity contribution in [2.75, 3.05) is 19.5 Å². The Morgan fingerprint density at radius 1 is 0.933 bits per heavy atom. The second-order valence-corrected chi connectivity index (χ2v) is 8.55. The van der Waals surface area contributed by atoms with Crippen LogP contribution in [-0.4, -0.2) is 33.5 Å². The first kappa shape index (κ1) is 21.3. The van der Waals surface area contributed by atoms with Crippen LogP contribution >= 0.6 is 0 Å². The fourth-order valence-corrected chi connectivity index (χ4v) is 4.03. The first-order chi connectivity index (χ1) is 14.3. The molecule has 2 aromatic carbocycles. The molecule has 156 valence electrons. The summed E-state index contributed by atoms with van der Waals surface area (Å²) in [6.45, 7) is 3.76. The summed E-state index contributed by atoms with van der Waals surface area (Å²) in [7, 11) is -0.756. The number of carbonyl (C=O) groups excluding carboxylic acids is 1. The molecule has 1 heterocycles. The number of sulfone groups is 1. The van der Waals surface area contributed by atoms with Crippen LogP contribution in [0.2, 0.25) is 0 Å². The topological polar surface area (TPSA) is 94.6 Å². The molecule has 30 heavy (non-hydrogen) atoms. The van der Waals surface area contributed by atoms with Crippen LogP contribution in [0.5, 0.6) is 11.5 Å². The maximum atomic E-state index is 12.8. The first-order valence-corrected chi connectivity index (χ1v) is 10.6. The molecule has 8 heteroatoms. The predicted molar refractivity (Wildman–Crippen MR) is 113 cm³/mol. The fraction of sp³-hybridized carbons (Fsp3) is 0.182. The fourth-order valence-electron chi connectivity index (χ4n) is 2.77.